The molecule has 3 rings (SSSR count). The number of amides is 1. The number of fused-ring (bicyclic) bond motifs is 1. The predicted octanol–water partition coefficient (Wildman–Crippen LogP) is 3.61. The third-order valence-corrected chi connectivity index (χ3v) is 3.76. The quantitative estimate of drug-likeness (QED) is 0.744. The molecule has 0 atom stereocenters. The second-order valence-corrected chi connectivity index (χ2v) is 5.62. The van der Waals surface area contributed by atoms with E-state index in [4.69, 9.17) is 4.74 Å². The van der Waals surface area contributed by atoms with Gasteiger partial charge in [0.1, 0.15) is 16.9 Å². The molecule has 1 amide bonds. The standard InChI is InChI=1S/C15H10F3N3O3S/c16-15(17,18)24-10-3-1-9(2-4-10)21-12(22)7-23-13-11-5-6-25-14(11)20-8-19-13/h1-6,8H,7H2,(H,21,22). The Morgan fingerprint density at radius 3 is 2.64 bits per heavy atom. The van der Waals surface area contributed by atoms with Gasteiger partial charge in [-0.15, -0.1) is 24.5 Å². The fourth-order valence-electron chi connectivity index (χ4n) is 1.95. The van der Waals surface area contributed by atoms with E-state index in [1.165, 1.54) is 29.8 Å². The number of halogens is 3. The minimum absolute atomic E-state index is 0.287. The van der Waals surface area contributed by atoms with Gasteiger partial charge in [-0.05, 0) is 35.7 Å². The van der Waals surface area contributed by atoms with E-state index in [1.807, 2.05) is 5.38 Å². The lowest BCUT2D eigenvalue weighted by atomic mass is 10.3. The molecule has 0 spiro atoms. The van der Waals surface area contributed by atoms with Crippen LogP contribution in [0.3, 0.4) is 0 Å². The molecule has 3 aromatic rings. The molecule has 25 heavy (non-hydrogen) atoms. The topological polar surface area (TPSA) is 73.3 Å². The molecule has 0 aliphatic heterocycles. The predicted molar refractivity (Wildman–Crippen MR) is 84.7 cm³/mol. The number of thiophene rings is 1. The second-order valence-electron chi connectivity index (χ2n) is 4.73. The van der Waals surface area contributed by atoms with E-state index in [0.717, 1.165) is 17.0 Å². The first kappa shape index (κ1) is 17.0. The summed E-state index contributed by atoms with van der Waals surface area (Å²) in [5.74, 6) is -0.565. The molecule has 2 heterocycles. The number of alkyl halides is 3. The van der Waals surface area contributed by atoms with Gasteiger partial charge in [0.2, 0.25) is 5.88 Å². The van der Waals surface area contributed by atoms with Crippen LogP contribution in [0.1, 0.15) is 0 Å². The summed E-state index contributed by atoms with van der Waals surface area (Å²) in [6.45, 7) is -0.303. The van der Waals surface area contributed by atoms with Gasteiger partial charge in [0, 0.05) is 5.69 Å². The summed E-state index contributed by atoms with van der Waals surface area (Å²) < 4.78 is 45.4. The van der Waals surface area contributed by atoms with Crippen LogP contribution in [0.2, 0.25) is 0 Å². The first-order valence-corrected chi connectivity index (χ1v) is 7.75. The van der Waals surface area contributed by atoms with Gasteiger partial charge in [-0.25, -0.2) is 9.97 Å². The van der Waals surface area contributed by atoms with Crippen LogP contribution in [0.25, 0.3) is 10.2 Å². The van der Waals surface area contributed by atoms with Crippen molar-refractivity contribution in [1.82, 2.24) is 9.97 Å². The highest BCUT2D eigenvalue weighted by Crippen LogP contribution is 2.26. The number of benzene rings is 1. The van der Waals surface area contributed by atoms with Gasteiger partial charge in [-0.1, -0.05) is 0 Å². The molecule has 0 aliphatic rings. The summed E-state index contributed by atoms with van der Waals surface area (Å²) in [4.78, 5) is 20.7. The zero-order valence-corrected chi connectivity index (χ0v) is 13.2. The van der Waals surface area contributed by atoms with Gasteiger partial charge in [-0.2, -0.15) is 0 Å². The monoisotopic (exact) mass is 369 g/mol. The van der Waals surface area contributed by atoms with Gasteiger partial charge in [0.05, 0.1) is 5.39 Å². The molecule has 0 saturated heterocycles. The van der Waals surface area contributed by atoms with Gasteiger partial charge < -0.3 is 14.8 Å². The Morgan fingerprint density at radius 2 is 1.92 bits per heavy atom. The number of aromatic nitrogens is 2. The lowest BCUT2D eigenvalue weighted by Crippen LogP contribution is -2.20. The van der Waals surface area contributed by atoms with Crippen molar-refractivity contribution < 1.29 is 27.4 Å². The van der Waals surface area contributed by atoms with Crippen LogP contribution in [0.15, 0.2) is 42.0 Å². The molecule has 0 fully saturated rings. The summed E-state index contributed by atoms with van der Waals surface area (Å²) in [7, 11) is 0. The van der Waals surface area contributed by atoms with E-state index in [2.05, 4.69) is 20.0 Å². The normalized spacial score (nSPS) is 11.3. The third-order valence-electron chi connectivity index (χ3n) is 2.94. The molecule has 6 nitrogen and oxygen atoms in total. The molecule has 1 N–H and O–H groups in total. The molecule has 2 aromatic heterocycles. The van der Waals surface area contributed by atoms with Crippen molar-refractivity contribution in [3.8, 4) is 11.6 Å². The van der Waals surface area contributed by atoms with Gasteiger partial charge in [0.25, 0.3) is 5.91 Å². The molecule has 0 radical (unpaired) electrons. The molecule has 0 bridgehead atoms. The van der Waals surface area contributed by atoms with E-state index in [9.17, 15) is 18.0 Å². The first-order chi connectivity index (χ1) is 11.9. The molecule has 0 unspecified atom stereocenters. The number of anilines is 1. The van der Waals surface area contributed by atoms with E-state index in [-0.39, 0.29) is 18.2 Å². The molecule has 130 valence electrons. The van der Waals surface area contributed by atoms with Crippen LogP contribution in [-0.2, 0) is 4.79 Å². The van der Waals surface area contributed by atoms with Crippen molar-refractivity contribution in [2.75, 3.05) is 11.9 Å². The number of carbonyl (C=O) groups is 1. The fourth-order valence-corrected chi connectivity index (χ4v) is 2.68. The van der Waals surface area contributed by atoms with E-state index < -0.39 is 12.3 Å². The molecule has 0 saturated carbocycles. The van der Waals surface area contributed by atoms with Crippen LogP contribution in [0, 0.1) is 0 Å². The van der Waals surface area contributed by atoms with Crippen molar-refractivity contribution >= 4 is 33.1 Å². The fraction of sp³-hybridized carbons (Fsp3) is 0.133. The van der Waals surface area contributed by atoms with Crippen molar-refractivity contribution in [2.24, 2.45) is 0 Å². The highest BCUT2D eigenvalue weighted by atomic mass is 32.1. The average molecular weight is 369 g/mol. The third kappa shape index (κ3) is 4.57. The average Bonchev–Trinajstić information content (AvgIpc) is 3.02. The zero-order valence-electron chi connectivity index (χ0n) is 12.4. The summed E-state index contributed by atoms with van der Waals surface area (Å²) in [5, 5.41) is 5.04. The number of hydrogen-bond donors (Lipinski definition) is 1. The molecule has 0 aliphatic carbocycles. The van der Waals surface area contributed by atoms with Crippen molar-refractivity contribution in [1.29, 1.82) is 0 Å². The SMILES string of the molecule is O=C(COc1ncnc2sccc12)Nc1ccc(OC(F)(F)F)cc1. The Balaban J connectivity index is 1.56. The zero-order chi connectivity index (χ0) is 17.9. The number of nitrogens with one attached hydrogen (secondary N) is 1. The highest BCUT2D eigenvalue weighted by molar-refractivity contribution is 7.16. The van der Waals surface area contributed by atoms with Crippen LogP contribution < -0.4 is 14.8 Å². The van der Waals surface area contributed by atoms with Gasteiger partial charge >= 0.3 is 6.36 Å². The first-order valence-electron chi connectivity index (χ1n) is 6.87. The Kier molecular flexibility index (Phi) is 4.70. The Morgan fingerprint density at radius 1 is 1.16 bits per heavy atom. The lowest BCUT2D eigenvalue weighted by molar-refractivity contribution is -0.274. The lowest BCUT2D eigenvalue weighted by Gasteiger charge is -2.10. The minimum Gasteiger partial charge on any atom is -0.467 e. The second kappa shape index (κ2) is 6.93. The van der Waals surface area contributed by atoms with E-state index in [0.29, 0.717) is 11.1 Å². The summed E-state index contributed by atoms with van der Waals surface area (Å²) >= 11 is 1.42. The maximum Gasteiger partial charge on any atom is 0.573 e. The molecular weight excluding hydrogens is 359 g/mol. The van der Waals surface area contributed by atoms with Crippen LogP contribution in [0.4, 0.5) is 18.9 Å². The Bertz CT molecular complexity index is 881. The number of ether oxygens (including phenoxy) is 2. The number of hydrogen-bond acceptors (Lipinski definition) is 6. The molecular formula is C15H10F3N3O3S. The maximum absolute atomic E-state index is 12.1. The van der Waals surface area contributed by atoms with Crippen LogP contribution in [-0.4, -0.2) is 28.8 Å². The number of nitrogens with zero attached hydrogens (tertiary/aromatic N) is 2. The number of carbonyl (C=O) groups excluding carboxylic acids is 1. The number of rotatable bonds is 5. The summed E-state index contributed by atoms with van der Waals surface area (Å²) in [5.41, 5.74) is 0.312. The molecule has 1 aromatic carbocycles. The van der Waals surface area contributed by atoms with Crippen molar-refractivity contribution in [3.05, 3.63) is 42.0 Å². The Labute approximate surface area is 143 Å². The van der Waals surface area contributed by atoms with Crippen LogP contribution >= 0.6 is 11.3 Å². The largest absolute Gasteiger partial charge is 0.573 e. The maximum atomic E-state index is 12.1. The van der Waals surface area contributed by atoms with Crippen LogP contribution in [0.5, 0.6) is 11.6 Å². The van der Waals surface area contributed by atoms with Crippen molar-refractivity contribution in [3.63, 3.8) is 0 Å². The molecule has 10 heteroatoms. The Hall–Kier alpha value is -2.88. The van der Waals surface area contributed by atoms with Crippen molar-refractivity contribution in [2.45, 2.75) is 6.36 Å². The van der Waals surface area contributed by atoms with E-state index >= 15 is 0 Å². The van der Waals surface area contributed by atoms with Gasteiger partial charge in [0.15, 0.2) is 6.61 Å². The summed E-state index contributed by atoms with van der Waals surface area (Å²) in [6, 6.07) is 6.57. The highest BCUT2D eigenvalue weighted by Gasteiger charge is 2.30. The smallest absolute Gasteiger partial charge is 0.467 e. The van der Waals surface area contributed by atoms with E-state index in [1.54, 1.807) is 6.07 Å². The minimum atomic E-state index is -4.76. The summed E-state index contributed by atoms with van der Waals surface area (Å²) in [6.07, 6.45) is -3.42. The van der Waals surface area contributed by atoms with Gasteiger partial charge in [-0.3, -0.25) is 4.79 Å².